The number of benzene rings is 4. The van der Waals surface area contributed by atoms with Crippen LogP contribution >= 0.6 is 0 Å². The van der Waals surface area contributed by atoms with Crippen LogP contribution in [0, 0.1) is 0 Å². The molecule has 0 amide bonds. The van der Waals surface area contributed by atoms with Gasteiger partial charge >= 0.3 is 0 Å². The highest BCUT2D eigenvalue weighted by atomic mass is 14.9. The van der Waals surface area contributed by atoms with E-state index in [9.17, 15) is 0 Å². The van der Waals surface area contributed by atoms with Gasteiger partial charge in [0, 0.05) is 16.5 Å². The maximum absolute atomic E-state index is 5.66. The molecule has 0 atom stereocenters. The summed E-state index contributed by atoms with van der Waals surface area (Å²) in [5, 5.41) is 2.47. The van der Waals surface area contributed by atoms with E-state index in [0.717, 1.165) is 46.8 Å². The molecule has 0 unspecified atom stereocenters. The van der Waals surface area contributed by atoms with Crippen molar-refractivity contribution in [3.8, 4) is 0 Å². The van der Waals surface area contributed by atoms with Crippen LogP contribution in [0.4, 0.5) is 11.4 Å². The monoisotopic (exact) mass is 580 g/mol. The van der Waals surface area contributed by atoms with Crippen molar-refractivity contribution < 1.29 is 0 Å². The van der Waals surface area contributed by atoms with Crippen LogP contribution in [0.25, 0.3) is 10.8 Å². The zero-order valence-corrected chi connectivity index (χ0v) is 28.0. The summed E-state index contributed by atoms with van der Waals surface area (Å²) in [7, 11) is 0. The Morgan fingerprint density at radius 1 is 0.545 bits per heavy atom. The number of aliphatic imine (C=N–C) groups is 2. The predicted molar refractivity (Wildman–Crippen MR) is 193 cm³/mol. The Bertz CT molecular complexity index is 1610. The first kappa shape index (κ1) is 31.4. The fraction of sp³-hybridized carbons (Fsp3) is 0.333. The fourth-order valence-electron chi connectivity index (χ4n) is 6.52. The van der Waals surface area contributed by atoms with Crippen molar-refractivity contribution in [1.29, 1.82) is 0 Å². The number of nitrogens with zero attached hydrogens (tertiary/aromatic N) is 2. The number of rotatable bonds is 10. The molecule has 0 aromatic heterocycles. The van der Waals surface area contributed by atoms with E-state index in [4.69, 9.17) is 9.98 Å². The first-order chi connectivity index (χ1) is 21.0. The summed E-state index contributed by atoms with van der Waals surface area (Å²) in [4.78, 5) is 11.3. The predicted octanol–water partition coefficient (Wildman–Crippen LogP) is 12.0. The van der Waals surface area contributed by atoms with Crippen molar-refractivity contribution in [3.05, 3.63) is 130 Å². The minimum absolute atomic E-state index is 0.328. The molecule has 2 nitrogen and oxygen atoms in total. The summed E-state index contributed by atoms with van der Waals surface area (Å²) < 4.78 is 0. The molecule has 0 fully saturated rings. The third-order valence-electron chi connectivity index (χ3n) is 8.79. The zero-order chi connectivity index (χ0) is 31.7. The normalized spacial score (nSPS) is 14.7. The molecule has 44 heavy (non-hydrogen) atoms. The molecule has 0 spiro atoms. The van der Waals surface area contributed by atoms with Gasteiger partial charge in [0.15, 0.2) is 0 Å². The van der Waals surface area contributed by atoms with Gasteiger partial charge in [-0.25, -0.2) is 9.98 Å². The van der Waals surface area contributed by atoms with E-state index in [1.807, 2.05) is 12.2 Å². The summed E-state index contributed by atoms with van der Waals surface area (Å²) >= 11 is 0. The molecule has 1 aliphatic rings. The highest BCUT2D eigenvalue weighted by Gasteiger charge is 2.29. The van der Waals surface area contributed by atoms with Crippen molar-refractivity contribution >= 4 is 33.6 Å². The average molecular weight is 581 g/mol. The van der Waals surface area contributed by atoms with Crippen molar-refractivity contribution in [3.63, 3.8) is 0 Å². The molecule has 0 saturated heterocycles. The lowest BCUT2D eigenvalue weighted by Gasteiger charge is -2.21. The Balaban J connectivity index is 1.88. The van der Waals surface area contributed by atoms with Crippen LogP contribution in [0.5, 0.6) is 0 Å². The van der Waals surface area contributed by atoms with Crippen LogP contribution < -0.4 is 0 Å². The second-order valence-corrected chi connectivity index (χ2v) is 13.5. The van der Waals surface area contributed by atoms with Crippen molar-refractivity contribution in [2.45, 2.75) is 91.9 Å². The van der Waals surface area contributed by atoms with Crippen LogP contribution in [0.2, 0.25) is 0 Å². The molecule has 226 valence electrons. The van der Waals surface area contributed by atoms with E-state index in [1.165, 1.54) is 44.2 Å². The molecule has 0 aliphatic heterocycles. The maximum Gasteiger partial charge on any atom is 0.0979 e. The Hall–Kier alpha value is -4.04. The maximum atomic E-state index is 5.66. The molecule has 4 aromatic carbocycles. The van der Waals surface area contributed by atoms with Gasteiger partial charge in [-0.05, 0) is 75.3 Å². The van der Waals surface area contributed by atoms with E-state index < -0.39 is 0 Å². The third kappa shape index (κ3) is 5.87. The molecule has 4 aromatic rings. The van der Waals surface area contributed by atoms with Gasteiger partial charge in [-0.15, -0.1) is 13.2 Å². The molecule has 0 N–H and O–H groups in total. The lowest BCUT2D eigenvalue weighted by Crippen LogP contribution is -2.12. The van der Waals surface area contributed by atoms with Gasteiger partial charge in [0.25, 0.3) is 0 Å². The van der Waals surface area contributed by atoms with E-state index in [-0.39, 0.29) is 0 Å². The third-order valence-corrected chi connectivity index (χ3v) is 8.79. The van der Waals surface area contributed by atoms with Crippen molar-refractivity contribution in [1.82, 2.24) is 0 Å². The van der Waals surface area contributed by atoms with Gasteiger partial charge in [-0.3, -0.25) is 0 Å². The molecular weight excluding hydrogens is 532 g/mol. The first-order valence-corrected chi connectivity index (χ1v) is 16.3. The van der Waals surface area contributed by atoms with Crippen molar-refractivity contribution in [2.75, 3.05) is 0 Å². The summed E-state index contributed by atoms with van der Waals surface area (Å²) in [6.45, 7) is 26.2. The first-order valence-electron chi connectivity index (χ1n) is 16.3. The quantitative estimate of drug-likeness (QED) is 0.167. The van der Waals surface area contributed by atoms with Gasteiger partial charge in [-0.2, -0.15) is 0 Å². The second kappa shape index (κ2) is 12.9. The van der Waals surface area contributed by atoms with Gasteiger partial charge in [0.1, 0.15) is 0 Å². The van der Waals surface area contributed by atoms with E-state index in [1.54, 1.807) is 0 Å². The molecule has 0 radical (unpaired) electrons. The topological polar surface area (TPSA) is 24.7 Å². The molecule has 5 rings (SSSR count). The molecular formula is C42H48N2. The van der Waals surface area contributed by atoms with Crippen LogP contribution in [-0.4, -0.2) is 11.4 Å². The molecule has 0 saturated carbocycles. The minimum atomic E-state index is 0.328. The Morgan fingerprint density at radius 2 is 0.886 bits per heavy atom. The smallest absolute Gasteiger partial charge is 0.0979 e. The minimum Gasteiger partial charge on any atom is -0.245 e. The van der Waals surface area contributed by atoms with Gasteiger partial charge in [0.05, 0.1) is 22.8 Å². The number of hydrogen-bond acceptors (Lipinski definition) is 2. The van der Waals surface area contributed by atoms with Gasteiger partial charge in [-0.1, -0.05) is 128 Å². The number of hydrogen-bond donors (Lipinski definition) is 0. The lowest BCUT2D eigenvalue weighted by molar-refractivity contribution is 0.829. The lowest BCUT2D eigenvalue weighted by atomic mass is 9.89. The van der Waals surface area contributed by atoms with E-state index in [2.05, 4.69) is 129 Å². The second-order valence-electron chi connectivity index (χ2n) is 13.5. The van der Waals surface area contributed by atoms with E-state index in [0.29, 0.717) is 23.7 Å². The summed E-state index contributed by atoms with van der Waals surface area (Å²) in [5.74, 6) is 1.31. The van der Waals surface area contributed by atoms with Crippen LogP contribution in [0.15, 0.2) is 96.0 Å². The SMILES string of the molecule is C=CCc1cc(C(C)C)c(N=C2C(=Nc3c(C(C)C)cc(CC=C)cc3C(C)C)c3cccc4cccc2c34)c(C(C)C)c1. The van der Waals surface area contributed by atoms with Gasteiger partial charge < -0.3 is 0 Å². The summed E-state index contributed by atoms with van der Waals surface area (Å²) in [6.07, 6.45) is 5.69. The van der Waals surface area contributed by atoms with E-state index >= 15 is 0 Å². The molecule has 1 aliphatic carbocycles. The highest BCUT2D eigenvalue weighted by molar-refractivity contribution is 6.61. The average Bonchev–Trinajstić information content (AvgIpc) is 3.27. The largest absolute Gasteiger partial charge is 0.245 e. The number of allylic oxidation sites excluding steroid dienone is 2. The highest BCUT2D eigenvalue weighted by Crippen LogP contribution is 2.42. The van der Waals surface area contributed by atoms with Crippen molar-refractivity contribution in [2.24, 2.45) is 9.98 Å². The Labute approximate surface area is 265 Å². The summed E-state index contributed by atoms with van der Waals surface area (Å²) in [5.41, 5.74) is 14.2. The van der Waals surface area contributed by atoms with Crippen LogP contribution in [0.3, 0.4) is 0 Å². The van der Waals surface area contributed by atoms with Gasteiger partial charge in [0.2, 0.25) is 0 Å². The van der Waals surface area contributed by atoms with Crippen LogP contribution in [0.1, 0.15) is 124 Å². The molecule has 2 heteroatoms. The summed E-state index contributed by atoms with van der Waals surface area (Å²) in [6, 6.07) is 22.5. The zero-order valence-electron chi connectivity index (χ0n) is 28.0. The molecule has 0 heterocycles. The standard InChI is InChI=1S/C42H48N2/c1-11-15-29-21-34(25(3)4)39(35(22-29)26(5)6)43-41-32-19-13-17-31-18-14-20-33(38(31)32)42(41)44-40-36(27(7)8)23-30(16-12-2)24-37(40)28(9)10/h11-14,17-28H,1-2,15-16H2,3-10H3. The Kier molecular flexibility index (Phi) is 9.20. The molecule has 0 bridgehead atoms. The Morgan fingerprint density at radius 3 is 1.18 bits per heavy atom. The van der Waals surface area contributed by atoms with Crippen LogP contribution in [-0.2, 0) is 12.8 Å². The fourth-order valence-corrected chi connectivity index (χ4v) is 6.52.